The number of rotatable bonds is 5. The van der Waals surface area contributed by atoms with Gasteiger partial charge in [0.15, 0.2) is 0 Å². The Bertz CT molecular complexity index is 599. The van der Waals surface area contributed by atoms with E-state index < -0.39 is 0 Å². The van der Waals surface area contributed by atoms with Crippen LogP contribution < -0.4 is 5.32 Å². The third-order valence-electron chi connectivity index (χ3n) is 6.76. The maximum absolute atomic E-state index is 12.9. The molecule has 26 heavy (non-hydrogen) atoms. The minimum Gasteiger partial charge on any atom is -0.379 e. The summed E-state index contributed by atoms with van der Waals surface area (Å²) in [7, 11) is 0. The minimum atomic E-state index is 0.0344. The Hall–Kier alpha value is -1.39. The number of hydrogen-bond donors (Lipinski definition) is 1. The number of ether oxygens (including phenoxy) is 1. The Kier molecular flexibility index (Phi) is 5.60. The summed E-state index contributed by atoms with van der Waals surface area (Å²) in [6.45, 7) is 6.37. The summed E-state index contributed by atoms with van der Waals surface area (Å²) < 4.78 is 5.41. The number of carbonyl (C=O) groups excluding carboxylic acids is 1. The number of carbonyl (C=O) groups is 1. The second-order valence-corrected chi connectivity index (χ2v) is 8.40. The van der Waals surface area contributed by atoms with E-state index in [0.717, 1.165) is 38.8 Å². The highest BCUT2D eigenvalue weighted by Crippen LogP contribution is 2.54. The Labute approximate surface area is 157 Å². The molecule has 3 aliphatic rings. The molecule has 4 rings (SSSR count). The Morgan fingerprint density at radius 3 is 2.58 bits per heavy atom. The number of morpholine rings is 1. The van der Waals surface area contributed by atoms with E-state index in [0.29, 0.717) is 17.9 Å². The lowest BCUT2D eigenvalue weighted by Crippen LogP contribution is -2.60. The molecule has 5 atom stereocenters. The third kappa shape index (κ3) is 3.67. The summed E-state index contributed by atoms with van der Waals surface area (Å²) in [5, 5.41) is 3.46. The Morgan fingerprint density at radius 2 is 1.85 bits per heavy atom. The number of nitrogens with zero attached hydrogens (tertiary/aromatic N) is 1. The summed E-state index contributed by atoms with van der Waals surface area (Å²) in [5.74, 6) is 2.19. The van der Waals surface area contributed by atoms with E-state index in [9.17, 15) is 4.79 Å². The van der Waals surface area contributed by atoms with Crippen LogP contribution >= 0.6 is 0 Å². The van der Waals surface area contributed by atoms with Crippen LogP contribution in [-0.4, -0.2) is 49.7 Å². The zero-order valence-electron chi connectivity index (χ0n) is 15.9. The molecule has 1 aromatic carbocycles. The first-order valence-electron chi connectivity index (χ1n) is 10.4. The second-order valence-electron chi connectivity index (χ2n) is 8.40. The van der Waals surface area contributed by atoms with Crippen LogP contribution in [0.25, 0.3) is 0 Å². The van der Waals surface area contributed by atoms with Gasteiger partial charge in [-0.2, -0.15) is 0 Å². The highest BCUT2D eigenvalue weighted by molar-refractivity contribution is 5.79. The van der Waals surface area contributed by atoms with Gasteiger partial charge >= 0.3 is 0 Å². The summed E-state index contributed by atoms with van der Waals surface area (Å²) in [4.78, 5) is 15.3. The monoisotopic (exact) mass is 356 g/mol. The van der Waals surface area contributed by atoms with Gasteiger partial charge in [-0.15, -0.1) is 0 Å². The van der Waals surface area contributed by atoms with Gasteiger partial charge in [-0.25, -0.2) is 0 Å². The summed E-state index contributed by atoms with van der Waals surface area (Å²) in [6.07, 6.45) is 5.26. The number of fused-ring (bicyclic) bond motifs is 1. The fraction of sp³-hybridized carbons (Fsp3) is 0.682. The van der Waals surface area contributed by atoms with Gasteiger partial charge in [0.25, 0.3) is 0 Å². The lowest BCUT2D eigenvalue weighted by Gasteiger charge is -2.55. The molecule has 4 heteroatoms. The van der Waals surface area contributed by atoms with Crippen LogP contribution in [0.1, 0.15) is 44.1 Å². The van der Waals surface area contributed by atoms with Crippen LogP contribution in [0, 0.1) is 17.8 Å². The fourth-order valence-electron chi connectivity index (χ4n) is 5.35. The first-order chi connectivity index (χ1) is 12.7. The number of amides is 1. The van der Waals surface area contributed by atoms with Gasteiger partial charge in [0.05, 0.1) is 13.2 Å². The molecular formula is C22H32N2O2. The SMILES string of the molecule is C[C@H](CN1CCOCC1)C(=O)N[C@H]1[C@@H]2CCCC[C@@H]2[C@@H]1c1ccccc1. The summed E-state index contributed by atoms with van der Waals surface area (Å²) >= 11 is 0. The third-order valence-corrected chi connectivity index (χ3v) is 6.76. The van der Waals surface area contributed by atoms with Crippen LogP contribution in [0.2, 0.25) is 0 Å². The van der Waals surface area contributed by atoms with Gasteiger partial charge in [-0.05, 0) is 30.2 Å². The molecule has 2 saturated carbocycles. The van der Waals surface area contributed by atoms with E-state index >= 15 is 0 Å². The standard InChI is InChI=1S/C22H32N2O2/c1-16(15-24-11-13-26-14-12-24)22(25)23-21-19-10-6-5-9-18(19)20(21)17-7-3-2-4-8-17/h2-4,7-8,16,18-21H,5-6,9-15H2,1H3,(H,23,25)/t16-,18+,19-,20+,21+/m1/s1. The quantitative estimate of drug-likeness (QED) is 0.882. The van der Waals surface area contributed by atoms with E-state index in [2.05, 4.69) is 47.5 Å². The average Bonchev–Trinajstić information content (AvgIpc) is 2.68. The molecule has 4 nitrogen and oxygen atoms in total. The van der Waals surface area contributed by atoms with Crippen molar-refractivity contribution in [2.75, 3.05) is 32.8 Å². The van der Waals surface area contributed by atoms with Gasteiger partial charge < -0.3 is 10.1 Å². The van der Waals surface area contributed by atoms with Gasteiger partial charge in [0, 0.05) is 37.5 Å². The molecule has 1 aliphatic heterocycles. The topological polar surface area (TPSA) is 41.6 Å². The summed E-state index contributed by atoms with van der Waals surface area (Å²) in [5.41, 5.74) is 1.40. The zero-order valence-corrected chi connectivity index (χ0v) is 15.9. The van der Waals surface area contributed by atoms with Crippen molar-refractivity contribution in [1.29, 1.82) is 0 Å². The largest absolute Gasteiger partial charge is 0.379 e. The summed E-state index contributed by atoms with van der Waals surface area (Å²) in [6, 6.07) is 11.1. The van der Waals surface area contributed by atoms with E-state index in [-0.39, 0.29) is 11.8 Å². The molecule has 1 N–H and O–H groups in total. The number of nitrogens with one attached hydrogen (secondary N) is 1. The van der Waals surface area contributed by atoms with Crippen molar-refractivity contribution in [3.8, 4) is 0 Å². The van der Waals surface area contributed by atoms with Gasteiger partial charge in [0.2, 0.25) is 5.91 Å². The van der Waals surface area contributed by atoms with Crippen LogP contribution in [0.5, 0.6) is 0 Å². The van der Waals surface area contributed by atoms with Crippen molar-refractivity contribution in [1.82, 2.24) is 10.2 Å². The minimum absolute atomic E-state index is 0.0344. The predicted octanol–water partition coefficient (Wildman–Crippen LogP) is 3.04. The van der Waals surface area contributed by atoms with E-state index in [1.54, 1.807) is 0 Å². The number of hydrogen-bond acceptors (Lipinski definition) is 3. The predicted molar refractivity (Wildman–Crippen MR) is 103 cm³/mol. The van der Waals surface area contributed by atoms with Crippen molar-refractivity contribution in [3.63, 3.8) is 0 Å². The van der Waals surface area contributed by atoms with Crippen molar-refractivity contribution >= 4 is 5.91 Å². The maximum Gasteiger partial charge on any atom is 0.224 e. The van der Waals surface area contributed by atoms with Crippen molar-refractivity contribution < 1.29 is 9.53 Å². The Morgan fingerprint density at radius 1 is 1.15 bits per heavy atom. The molecule has 1 amide bonds. The first-order valence-corrected chi connectivity index (χ1v) is 10.4. The molecule has 0 unspecified atom stereocenters. The van der Waals surface area contributed by atoms with Crippen LogP contribution in [0.3, 0.4) is 0 Å². The molecule has 0 aromatic heterocycles. The first kappa shape index (κ1) is 18.0. The highest BCUT2D eigenvalue weighted by Gasteiger charge is 2.51. The second kappa shape index (κ2) is 8.10. The maximum atomic E-state index is 12.9. The van der Waals surface area contributed by atoms with Crippen LogP contribution in [-0.2, 0) is 9.53 Å². The molecule has 3 fully saturated rings. The molecule has 0 radical (unpaired) electrons. The highest BCUT2D eigenvalue weighted by atomic mass is 16.5. The van der Waals surface area contributed by atoms with Crippen molar-refractivity contribution in [2.24, 2.45) is 17.8 Å². The van der Waals surface area contributed by atoms with Crippen LogP contribution in [0.15, 0.2) is 30.3 Å². The molecule has 2 aliphatic carbocycles. The van der Waals surface area contributed by atoms with Gasteiger partial charge in [0.1, 0.15) is 0 Å². The number of benzene rings is 1. The molecular weight excluding hydrogens is 324 g/mol. The fourth-order valence-corrected chi connectivity index (χ4v) is 5.35. The Balaban J connectivity index is 1.40. The molecule has 0 spiro atoms. The lowest BCUT2D eigenvalue weighted by molar-refractivity contribution is -0.129. The van der Waals surface area contributed by atoms with Crippen LogP contribution in [0.4, 0.5) is 0 Å². The normalized spacial score (nSPS) is 33.0. The molecule has 1 saturated heterocycles. The van der Waals surface area contributed by atoms with E-state index in [1.165, 1.54) is 31.2 Å². The zero-order chi connectivity index (χ0) is 17.9. The van der Waals surface area contributed by atoms with Gasteiger partial charge in [-0.3, -0.25) is 9.69 Å². The van der Waals surface area contributed by atoms with Gasteiger partial charge in [-0.1, -0.05) is 50.1 Å². The molecule has 1 heterocycles. The lowest BCUT2D eigenvalue weighted by atomic mass is 9.53. The average molecular weight is 357 g/mol. The smallest absolute Gasteiger partial charge is 0.224 e. The van der Waals surface area contributed by atoms with E-state index in [4.69, 9.17) is 4.74 Å². The molecule has 1 aromatic rings. The van der Waals surface area contributed by atoms with E-state index in [1.807, 2.05) is 0 Å². The van der Waals surface area contributed by atoms with Crippen molar-refractivity contribution in [3.05, 3.63) is 35.9 Å². The molecule has 142 valence electrons. The molecule has 0 bridgehead atoms. The van der Waals surface area contributed by atoms with Crippen molar-refractivity contribution in [2.45, 2.75) is 44.6 Å².